The quantitative estimate of drug-likeness (QED) is 0.880. The molecule has 2 aromatic rings. The van der Waals surface area contributed by atoms with Crippen molar-refractivity contribution >= 4 is 23.2 Å². The van der Waals surface area contributed by atoms with Crippen molar-refractivity contribution in [2.24, 2.45) is 0 Å². The fourth-order valence-corrected chi connectivity index (χ4v) is 1.78. The van der Waals surface area contributed by atoms with Crippen LogP contribution in [0.1, 0.15) is 11.8 Å². The molecule has 0 aliphatic rings. The highest BCUT2D eigenvalue weighted by molar-refractivity contribution is 6.35. The fraction of sp³-hybridized carbons (Fsp3) is 0.100. The molecule has 1 atom stereocenters. The molecule has 1 aromatic carbocycles. The van der Waals surface area contributed by atoms with Gasteiger partial charge in [-0.25, -0.2) is 4.68 Å². The smallest absolute Gasteiger partial charge is 0.174 e. The maximum absolute atomic E-state index is 9.93. The van der Waals surface area contributed by atoms with Crippen LogP contribution in [0.2, 0.25) is 10.0 Å². The molecule has 0 aliphatic heterocycles. The summed E-state index contributed by atoms with van der Waals surface area (Å²) in [5, 5.41) is 14.8. The second-order valence-corrected chi connectivity index (χ2v) is 3.87. The van der Waals surface area contributed by atoms with Gasteiger partial charge < -0.3 is 5.11 Å². The van der Waals surface area contributed by atoms with Gasteiger partial charge >= 0.3 is 0 Å². The SMILES string of the molecule is OC(c1ccc(Cl)cc1Cl)n1cccn1. The van der Waals surface area contributed by atoms with Gasteiger partial charge in [0.2, 0.25) is 0 Å². The van der Waals surface area contributed by atoms with E-state index in [2.05, 4.69) is 5.10 Å². The number of aliphatic hydroxyl groups excluding tert-OH is 1. The summed E-state index contributed by atoms with van der Waals surface area (Å²) >= 11 is 11.7. The molecule has 0 spiro atoms. The predicted octanol–water partition coefficient (Wildman–Crippen LogP) is 2.73. The summed E-state index contributed by atoms with van der Waals surface area (Å²) in [4.78, 5) is 0. The van der Waals surface area contributed by atoms with Gasteiger partial charge in [-0.3, -0.25) is 0 Å². The molecule has 0 radical (unpaired) electrons. The molecule has 0 fully saturated rings. The zero-order valence-electron chi connectivity index (χ0n) is 7.64. The van der Waals surface area contributed by atoms with Crippen LogP contribution in [0.15, 0.2) is 36.7 Å². The van der Waals surface area contributed by atoms with E-state index in [-0.39, 0.29) is 0 Å². The van der Waals surface area contributed by atoms with E-state index in [1.807, 2.05) is 0 Å². The molecule has 0 bridgehead atoms. The lowest BCUT2D eigenvalue weighted by molar-refractivity contribution is 0.132. The van der Waals surface area contributed by atoms with E-state index in [4.69, 9.17) is 23.2 Å². The molecule has 0 saturated heterocycles. The molecule has 0 amide bonds. The van der Waals surface area contributed by atoms with Crippen LogP contribution in [0.25, 0.3) is 0 Å². The van der Waals surface area contributed by atoms with Crippen molar-refractivity contribution < 1.29 is 5.11 Å². The van der Waals surface area contributed by atoms with Gasteiger partial charge in [-0.1, -0.05) is 29.3 Å². The van der Waals surface area contributed by atoms with E-state index in [0.29, 0.717) is 15.6 Å². The van der Waals surface area contributed by atoms with Crippen molar-refractivity contribution in [1.82, 2.24) is 9.78 Å². The summed E-state index contributed by atoms with van der Waals surface area (Å²) in [6.45, 7) is 0. The maximum atomic E-state index is 9.93. The van der Waals surface area contributed by atoms with Crippen molar-refractivity contribution in [3.8, 4) is 0 Å². The third kappa shape index (κ3) is 2.15. The minimum absolute atomic E-state index is 0.422. The zero-order chi connectivity index (χ0) is 10.8. The highest BCUT2D eigenvalue weighted by Crippen LogP contribution is 2.26. The first-order valence-corrected chi connectivity index (χ1v) is 5.06. The number of hydrogen-bond donors (Lipinski definition) is 1. The molecule has 1 unspecified atom stereocenters. The minimum atomic E-state index is -0.884. The molecule has 1 heterocycles. The molecule has 0 saturated carbocycles. The standard InChI is InChI=1S/C10H8Cl2N2O/c11-7-2-3-8(9(12)6-7)10(15)14-5-1-4-13-14/h1-6,10,15H. The Balaban J connectivity index is 2.38. The number of hydrogen-bond acceptors (Lipinski definition) is 2. The van der Waals surface area contributed by atoms with Crippen molar-refractivity contribution in [3.05, 3.63) is 52.3 Å². The van der Waals surface area contributed by atoms with E-state index in [1.54, 1.807) is 36.7 Å². The van der Waals surface area contributed by atoms with Crippen LogP contribution < -0.4 is 0 Å². The van der Waals surface area contributed by atoms with Crippen LogP contribution in [-0.2, 0) is 0 Å². The topological polar surface area (TPSA) is 38.0 Å². The van der Waals surface area contributed by atoms with E-state index in [9.17, 15) is 5.11 Å². The van der Waals surface area contributed by atoms with Crippen molar-refractivity contribution in [2.75, 3.05) is 0 Å². The molecule has 1 N–H and O–H groups in total. The molecule has 1 aromatic heterocycles. The lowest BCUT2D eigenvalue weighted by atomic mass is 10.2. The molecule has 15 heavy (non-hydrogen) atoms. The molecule has 2 rings (SSSR count). The molecule has 0 aliphatic carbocycles. The Kier molecular flexibility index (Phi) is 2.95. The number of nitrogens with zero attached hydrogens (tertiary/aromatic N) is 2. The van der Waals surface area contributed by atoms with Gasteiger partial charge in [0.25, 0.3) is 0 Å². The zero-order valence-corrected chi connectivity index (χ0v) is 9.15. The Labute approximate surface area is 96.9 Å². The maximum Gasteiger partial charge on any atom is 0.174 e. The van der Waals surface area contributed by atoms with Gasteiger partial charge in [0, 0.05) is 28.0 Å². The lowest BCUT2D eigenvalue weighted by Gasteiger charge is -2.13. The average Bonchev–Trinajstić information content (AvgIpc) is 2.69. The average molecular weight is 243 g/mol. The third-order valence-electron chi connectivity index (χ3n) is 2.02. The largest absolute Gasteiger partial charge is 0.368 e. The number of aromatic nitrogens is 2. The summed E-state index contributed by atoms with van der Waals surface area (Å²) in [5.41, 5.74) is 0.574. The Hall–Kier alpha value is -1.03. The molecule has 3 nitrogen and oxygen atoms in total. The first-order chi connectivity index (χ1) is 7.18. The predicted molar refractivity (Wildman–Crippen MR) is 59.0 cm³/mol. The van der Waals surface area contributed by atoms with Gasteiger partial charge in [-0.05, 0) is 18.2 Å². The monoisotopic (exact) mass is 242 g/mol. The van der Waals surface area contributed by atoms with Gasteiger partial charge in [0.15, 0.2) is 6.23 Å². The van der Waals surface area contributed by atoms with Crippen LogP contribution in [0.3, 0.4) is 0 Å². The van der Waals surface area contributed by atoms with Crippen LogP contribution in [0.4, 0.5) is 0 Å². The van der Waals surface area contributed by atoms with Crippen LogP contribution in [0, 0.1) is 0 Å². The Bertz CT molecular complexity index is 456. The van der Waals surface area contributed by atoms with Gasteiger partial charge in [0.05, 0.1) is 0 Å². The van der Waals surface area contributed by atoms with Crippen molar-refractivity contribution in [2.45, 2.75) is 6.23 Å². The van der Waals surface area contributed by atoms with Crippen LogP contribution >= 0.6 is 23.2 Å². The Morgan fingerprint density at radius 1 is 1.33 bits per heavy atom. The lowest BCUT2D eigenvalue weighted by Crippen LogP contribution is -2.10. The van der Waals surface area contributed by atoms with E-state index >= 15 is 0 Å². The third-order valence-corrected chi connectivity index (χ3v) is 2.58. The Morgan fingerprint density at radius 2 is 2.13 bits per heavy atom. The van der Waals surface area contributed by atoms with E-state index in [1.165, 1.54) is 4.68 Å². The van der Waals surface area contributed by atoms with E-state index in [0.717, 1.165) is 0 Å². The summed E-state index contributed by atoms with van der Waals surface area (Å²) in [7, 11) is 0. The van der Waals surface area contributed by atoms with Gasteiger partial charge in [0.1, 0.15) is 0 Å². The number of benzene rings is 1. The van der Waals surface area contributed by atoms with Crippen molar-refractivity contribution in [3.63, 3.8) is 0 Å². The van der Waals surface area contributed by atoms with Gasteiger partial charge in [-0.15, -0.1) is 0 Å². The first kappa shape index (κ1) is 10.5. The number of rotatable bonds is 2. The molecular formula is C10H8Cl2N2O. The minimum Gasteiger partial charge on any atom is -0.368 e. The van der Waals surface area contributed by atoms with Crippen LogP contribution in [0.5, 0.6) is 0 Å². The second kappa shape index (κ2) is 4.23. The number of halogens is 2. The van der Waals surface area contributed by atoms with Crippen molar-refractivity contribution in [1.29, 1.82) is 0 Å². The normalized spacial score (nSPS) is 12.7. The molecule has 5 heteroatoms. The summed E-state index contributed by atoms with van der Waals surface area (Å²) < 4.78 is 1.41. The summed E-state index contributed by atoms with van der Waals surface area (Å²) in [6, 6.07) is 6.67. The first-order valence-electron chi connectivity index (χ1n) is 4.30. The highest BCUT2D eigenvalue weighted by Gasteiger charge is 2.13. The van der Waals surface area contributed by atoms with E-state index < -0.39 is 6.23 Å². The fourth-order valence-electron chi connectivity index (χ4n) is 1.28. The summed E-state index contributed by atoms with van der Waals surface area (Å²) in [6.07, 6.45) is 2.37. The van der Waals surface area contributed by atoms with Gasteiger partial charge in [-0.2, -0.15) is 5.10 Å². The van der Waals surface area contributed by atoms with Crippen LogP contribution in [-0.4, -0.2) is 14.9 Å². The summed E-state index contributed by atoms with van der Waals surface area (Å²) in [5.74, 6) is 0. The number of aliphatic hydroxyl groups is 1. The second-order valence-electron chi connectivity index (χ2n) is 3.03. The Morgan fingerprint density at radius 3 is 2.73 bits per heavy atom. The highest BCUT2D eigenvalue weighted by atomic mass is 35.5. The molecular weight excluding hydrogens is 235 g/mol. The molecule has 78 valence electrons.